The van der Waals surface area contributed by atoms with Crippen LogP contribution in [0.2, 0.25) is 5.02 Å². The molecule has 0 atom stereocenters. The summed E-state index contributed by atoms with van der Waals surface area (Å²) in [5, 5.41) is 3.97. The molecule has 2 N–H and O–H groups in total. The van der Waals surface area contributed by atoms with E-state index in [0.717, 1.165) is 0 Å². The largest absolute Gasteiger partial charge is 0.329 e. The first kappa shape index (κ1) is 10.6. The minimum atomic E-state index is -0.365. The molecule has 3 rings (SSSR count). The number of nitrogens with zero attached hydrogens (tertiary/aromatic N) is 1. The van der Waals surface area contributed by atoms with Gasteiger partial charge in [0.2, 0.25) is 0 Å². The minimum Gasteiger partial charge on any atom is -0.312 e. The molecule has 1 aromatic heterocycles. The maximum absolute atomic E-state index is 12.2. The summed E-state index contributed by atoms with van der Waals surface area (Å²) in [6, 6.07) is 4.81. The third-order valence-corrected chi connectivity index (χ3v) is 3.25. The van der Waals surface area contributed by atoms with Gasteiger partial charge in [-0.15, -0.1) is 0 Å². The molecule has 1 aromatic carbocycles. The minimum absolute atomic E-state index is 0.0605. The van der Waals surface area contributed by atoms with Gasteiger partial charge in [0.1, 0.15) is 0 Å². The lowest BCUT2D eigenvalue weighted by Crippen LogP contribution is -2.51. The number of hydrogen-bond acceptors (Lipinski definition) is 3. The van der Waals surface area contributed by atoms with Gasteiger partial charge in [-0.05, 0) is 18.2 Å². The molecular weight excluding hydrogens is 242 g/mol. The van der Waals surface area contributed by atoms with Gasteiger partial charge in [-0.1, -0.05) is 11.6 Å². The number of aromatic nitrogens is 2. The van der Waals surface area contributed by atoms with Crippen molar-refractivity contribution in [3.05, 3.63) is 44.1 Å². The molecule has 2 aromatic rings. The second kappa shape index (κ2) is 3.72. The molecule has 0 spiro atoms. The van der Waals surface area contributed by atoms with Crippen LogP contribution in [0.5, 0.6) is 0 Å². The Morgan fingerprint density at radius 1 is 1.29 bits per heavy atom. The van der Waals surface area contributed by atoms with Gasteiger partial charge in [0, 0.05) is 18.1 Å². The molecular formula is C11H10ClN3O2. The lowest BCUT2D eigenvalue weighted by molar-refractivity contribution is 0.327. The van der Waals surface area contributed by atoms with Gasteiger partial charge in [-0.3, -0.25) is 9.36 Å². The van der Waals surface area contributed by atoms with Crippen LogP contribution in [0.25, 0.3) is 10.9 Å². The number of benzene rings is 1. The molecule has 1 aliphatic rings. The van der Waals surface area contributed by atoms with Crippen molar-refractivity contribution in [2.75, 3.05) is 13.1 Å². The molecule has 1 fully saturated rings. The van der Waals surface area contributed by atoms with Gasteiger partial charge in [0.05, 0.1) is 16.9 Å². The van der Waals surface area contributed by atoms with E-state index < -0.39 is 0 Å². The monoisotopic (exact) mass is 251 g/mol. The van der Waals surface area contributed by atoms with Crippen molar-refractivity contribution in [1.82, 2.24) is 14.9 Å². The Bertz CT molecular complexity index is 700. The van der Waals surface area contributed by atoms with Crippen molar-refractivity contribution in [2.45, 2.75) is 6.04 Å². The summed E-state index contributed by atoms with van der Waals surface area (Å²) in [6.07, 6.45) is 0. The molecule has 0 unspecified atom stereocenters. The second-order valence-corrected chi connectivity index (χ2v) is 4.54. The smallest absolute Gasteiger partial charge is 0.312 e. The summed E-state index contributed by atoms with van der Waals surface area (Å²) in [4.78, 5) is 26.7. The van der Waals surface area contributed by atoms with Crippen LogP contribution in [0.4, 0.5) is 0 Å². The fourth-order valence-corrected chi connectivity index (χ4v) is 2.16. The van der Waals surface area contributed by atoms with Crippen LogP contribution >= 0.6 is 11.6 Å². The number of nitrogens with one attached hydrogen (secondary N) is 2. The Balaban J connectivity index is 2.36. The maximum Gasteiger partial charge on any atom is 0.329 e. The number of aromatic amines is 1. The van der Waals surface area contributed by atoms with Crippen LogP contribution < -0.4 is 16.6 Å². The van der Waals surface area contributed by atoms with Crippen molar-refractivity contribution in [2.24, 2.45) is 0 Å². The third kappa shape index (κ3) is 1.59. The lowest BCUT2D eigenvalue weighted by Gasteiger charge is -2.28. The van der Waals surface area contributed by atoms with E-state index in [1.807, 2.05) is 0 Å². The molecule has 17 heavy (non-hydrogen) atoms. The highest BCUT2D eigenvalue weighted by molar-refractivity contribution is 6.31. The number of halogens is 1. The van der Waals surface area contributed by atoms with Crippen molar-refractivity contribution >= 4 is 22.5 Å². The third-order valence-electron chi connectivity index (χ3n) is 3.02. The zero-order valence-corrected chi connectivity index (χ0v) is 9.62. The molecule has 0 amide bonds. The number of H-pyrrole nitrogens is 1. The van der Waals surface area contributed by atoms with Crippen molar-refractivity contribution in [3.8, 4) is 0 Å². The van der Waals surface area contributed by atoms with E-state index in [9.17, 15) is 9.59 Å². The van der Waals surface area contributed by atoms with E-state index >= 15 is 0 Å². The summed E-state index contributed by atoms with van der Waals surface area (Å²) < 4.78 is 1.26. The van der Waals surface area contributed by atoms with Crippen molar-refractivity contribution in [3.63, 3.8) is 0 Å². The number of fused-ring (bicyclic) bond motifs is 1. The standard InChI is InChI=1S/C11H10ClN3O2/c12-6-1-2-9-8(3-6)10(16)15(11(17)14-9)7-4-13-5-7/h1-3,7,13H,4-5H2,(H,14,17). The second-order valence-electron chi connectivity index (χ2n) is 4.11. The normalized spacial score (nSPS) is 16.1. The zero-order valence-electron chi connectivity index (χ0n) is 8.87. The molecule has 2 heterocycles. The SMILES string of the molecule is O=c1[nH]c2ccc(Cl)cc2c(=O)n1C1CNC1. The van der Waals surface area contributed by atoms with Crippen LogP contribution in [0.3, 0.4) is 0 Å². The average Bonchev–Trinajstić information content (AvgIpc) is 2.23. The Labute approximate surface area is 101 Å². The summed E-state index contributed by atoms with van der Waals surface area (Å²) in [5.74, 6) is 0. The quantitative estimate of drug-likeness (QED) is 0.775. The van der Waals surface area contributed by atoms with Crippen molar-refractivity contribution in [1.29, 1.82) is 0 Å². The molecule has 1 aliphatic heterocycles. The van der Waals surface area contributed by atoms with Gasteiger partial charge < -0.3 is 10.3 Å². The van der Waals surface area contributed by atoms with E-state index in [-0.39, 0.29) is 17.3 Å². The Kier molecular flexibility index (Phi) is 2.31. The van der Waals surface area contributed by atoms with Gasteiger partial charge >= 0.3 is 5.69 Å². The summed E-state index contributed by atoms with van der Waals surface area (Å²) in [7, 11) is 0. The Hall–Kier alpha value is -1.59. The zero-order chi connectivity index (χ0) is 12.0. The van der Waals surface area contributed by atoms with Crippen LogP contribution in [0, 0.1) is 0 Å². The molecule has 0 saturated carbocycles. The molecule has 5 nitrogen and oxygen atoms in total. The van der Waals surface area contributed by atoms with Crippen LogP contribution in [0.1, 0.15) is 6.04 Å². The molecule has 0 radical (unpaired) electrons. The van der Waals surface area contributed by atoms with Crippen LogP contribution in [0.15, 0.2) is 27.8 Å². The first-order valence-electron chi connectivity index (χ1n) is 5.31. The summed E-state index contributed by atoms with van der Waals surface area (Å²) >= 11 is 5.86. The van der Waals surface area contributed by atoms with E-state index in [0.29, 0.717) is 29.0 Å². The van der Waals surface area contributed by atoms with Crippen LogP contribution in [-0.4, -0.2) is 22.6 Å². The van der Waals surface area contributed by atoms with E-state index in [2.05, 4.69) is 10.3 Å². The summed E-state index contributed by atoms with van der Waals surface area (Å²) in [6.45, 7) is 1.30. The van der Waals surface area contributed by atoms with Crippen molar-refractivity contribution < 1.29 is 0 Å². The topological polar surface area (TPSA) is 66.9 Å². The van der Waals surface area contributed by atoms with E-state index in [1.165, 1.54) is 4.57 Å². The maximum atomic E-state index is 12.2. The molecule has 6 heteroatoms. The fraction of sp³-hybridized carbons (Fsp3) is 0.273. The van der Waals surface area contributed by atoms with E-state index in [4.69, 9.17) is 11.6 Å². The Morgan fingerprint density at radius 3 is 2.71 bits per heavy atom. The number of hydrogen-bond donors (Lipinski definition) is 2. The van der Waals surface area contributed by atoms with Gasteiger partial charge in [-0.2, -0.15) is 0 Å². The Morgan fingerprint density at radius 2 is 2.06 bits per heavy atom. The predicted octanol–water partition coefficient (Wildman–Crippen LogP) is 0.487. The lowest BCUT2D eigenvalue weighted by atomic mass is 10.1. The molecule has 88 valence electrons. The molecule has 1 saturated heterocycles. The van der Waals surface area contributed by atoms with Crippen LogP contribution in [-0.2, 0) is 0 Å². The molecule has 0 aliphatic carbocycles. The number of rotatable bonds is 1. The van der Waals surface area contributed by atoms with Gasteiger partial charge in [0.25, 0.3) is 5.56 Å². The predicted molar refractivity (Wildman–Crippen MR) is 65.7 cm³/mol. The average molecular weight is 252 g/mol. The first-order valence-corrected chi connectivity index (χ1v) is 5.69. The molecule has 0 bridgehead atoms. The van der Waals surface area contributed by atoms with E-state index in [1.54, 1.807) is 18.2 Å². The highest BCUT2D eigenvalue weighted by Gasteiger charge is 2.23. The highest BCUT2D eigenvalue weighted by Crippen LogP contribution is 2.14. The summed E-state index contributed by atoms with van der Waals surface area (Å²) in [5.41, 5.74) is -0.123. The highest BCUT2D eigenvalue weighted by atomic mass is 35.5. The van der Waals surface area contributed by atoms with Gasteiger partial charge in [0.15, 0.2) is 0 Å². The van der Waals surface area contributed by atoms with Gasteiger partial charge in [-0.25, -0.2) is 4.79 Å². The fourth-order valence-electron chi connectivity index (χ4n) is 1.99. The first-order chi connectivity index (χ1) is 8.16.